The maximum absolute atomic E-state index is 12.6. The summed E-state index contributed by atoms with van der Waals surface area (Å²) >= 11 is 0. The Labute approximate surface area is 132 Å². The molecule has 0 radical (unpaired) electrons. The van der Waals surface area contributed by atoms with Crippen LogP contribution in [0.1, 0.15) is 31.2 Å². The number of carbonyl (C=O) groups is 1. The molecule has 0 bridgehead atoms. The quantitative estimate of drug-likeness (QED) is 0.853. The first-order chi connectivity index (χ1) is 10.7. The van der Waals surface area contributed by atoms with E-state index in [0.717, 1.165) is 43.9 Å². The van der Waals surface area contributed by atoms with E-state index in [1.54, 1.807) is 0 Å². The summed E-state index contributed by atoms with van der Waals surface area (Å²) in [6.07, 6.45) is -0.897. The van der Waals surface area contributed by atoms with Gasteiger partial charge in [0.25, 0.3) is 0 Å². The van der Waals surface area contributed by atoms with Crippen molar-refractivity contribution in [2.24, 2.45) is 0 Å². The van der Waals surface area contributed by atoms with E-state index in [1.165, 1.54) is 0 Å². The number of sulfonamides is 1. The van der Waals surface area contributed by atoms with Crippen LogP contribution in [0.25, 0.3) is 0 Å². The van der Waals surface area contributed by atoms with Crippen LogP contribution < -0.4 is 10.0 Å². The van der Waals surface area contributed by atoms with Gasteiger partial charge in [-0.25, -0.2) is 13.1 Å². The first-order valence-corrected chi connectivity index (χ1v) is 8.63. The van der Waals surface area contributed by atoms with Crippen molar-refractivity contribution in [3.8, 4) is 0 Å². The summed E-state index contributed by atoms with van der Waals surface area (Å²) in [7, 11) is -4.18. The second-order valence-corrected chi connectivity index (χ2v) is 7.17. The zero-order valence-electron chi connectivity index (χ0n) is 12.2. The SMILES string of the molecule is O=C(CNS(=O)(=O)c1cccc(C(F)(F)F)c1)NC1CCCC1. The number of carbonyl (C=O) groups excluding carboxylic acids is 1. The van der Waals surface area contributed by atoms with E-state index in [1.807, 2.05) is 4.72 Å². The molecule has 0 aliphatic heterocycles. The molecule has 0 saturated heterocycles. The topological polar surface area (TPSA) is 75.3 Å². The molecule has 0 unspecified atom stereocenters. The third-order valence-corrected chi connectivity index (χ3v) is 5.01. The van der Waals surface area contributed by atoms with Gasteiger partial charge in [-0.2, -0.15) is 13.2 Å². The molecule has 1 aliphatic carbocycles. The highest BCUT2D eigenvalue weighted by atomic mass is 32.2. The standard InChI is InChI=1S/C14H17F3N2O3S/c15-14(16,17)10-4-3-7-12(8-10)23(21,22)18-9-13(20)19-11-5-1-2-6-11/h3-4,7-8,11,18H,1-2,5-6,9H2,(H,19,20). The minimum atomic E-state index is -4.63. The highest BCUT2D eigenvalue weighted by Gasteiger charge is 2.31. The highest BCUT2D eigenvalue weighted by Crippen LogP contribution is 2.30. The summed E-state index contributed by atoms with van der Waals surface area (Å²) in [6, 6.07) is 3.42. The fourth-order valence-corrected chi connectivity index (χ4v) is 3.46. The molecule has 9 heteroatoms. The molecule has 1 aliphatic rings. The molecule has 1 aromatic carbocycles. The molecule has 2 N–H and O–H groups in total. The van der Waals surface area contributed by atoms with Crippen LogP contribution in [0.15, 0.2) is 29.2 Å². The third-order valence-electron chi connectivity index (χ3n) is 3.61. The number of rotatable bonds is 5. The Morgan fingerprint density at radius 3 is 2.48 bits per heavy atom. The number of nitrogens with one attached hydrogen (secondary N) is 2. The van der Waals surface area contributed by atoms with Gasteiger partial charge < -0.3 is 5.32 Å². The summed E-state index contributed by atoms with van der Waals surface area (Å²) in [4.78, 5) is 11.2. The van der Waals surface area contributed by atoms with Crippen LogP contribution in [-0.2, 0) is 21.0 Å². The van der Waals surface area contributed by atoms with E-state index in [-0.39, 0.29) is 6.04 Å². The van der Waals surface area contributed by atoms with Gasteiger partial charge >= 0.3 is 6.18 Å². The minimum Gasteiger partial charge on any atom is -0.352 e. The van der Waals surface area contributed by atoms with Gasteiger partial charge in [-0.15, -0.1) is 0 Å². The van der Waals surface area contributed by atoms with Crippen molar-refractivity contribution < 1.29 is 26.4 Å². The fraction of sp³-hybridized carbons (Fsp3) is 0.500. The molecule has 0 heterocycles. The number of hydrogen-bond donors (Lipinski definition) is 2. The maximum Gasteiger partial charge on any atom is 0.416 e. The van der Waals surface area contributed by atoms with Gasteiger partial charge in [0.1, 0.15) is 0 Å². The molecule has 2 rings (SSSR count). The van der Waals surface area contributed by atoms with Crippen LogP contribution in [0, 0.1) is 0 Å². The first kappa shape index (κ1) is 17.7. The Morgan fingerprint density at radius 1 is 1.22 bits per heavy atom. The van der Waals surface area contributed by atoms with Crippen LogP contribution >= 0.6 is 0 Å². The van der Waals surface area contributed by atoms with Gasteiger partial charge in [0.05, 0.1) is 17.0 Å². The monoisotopic (exact) mass is 350 g/mol. The Kier molecular flexibility index (Phi) is 5.30. The van der Waals surface area contributed by atoms with Gasteiger partial charge in [-0.1, -0.05) is 18.9 Å². The molecule has 5 nitrogen and oxygen atoms in total. The number of halogens is 3. The van der Waals surface area contributed by atoms with E-state index in [2.05, 4.69) is 5.32 Å². The van der Waals surface area contributed by atoms with Crippen molar-refractivity contribution in [2.45, 2.75) is 42.8 Å². The summed E-state index contributed by atoms with van der Waals surface area (Å²) < 4.78 is 63.9. The van der Waals surface area contributed by atoms with Gasteiger partial charge in [0.2, 0.25) is 15.9 Å². The largest absolute Gasteiger partial charge is 0.416 e. The van der Waals surface area contributed by atoms with Gasteiger partial charge in [0.15, 0.2) is 0 Å². The van der Waals surface area contributed by atoms with Gasteiger partial charge in [-0.3, -0.25) is 4.79 Å². The molecule has 0 aromatic heterocycles. The molecule has 23 heavy (non-hydrogen) atoms. The Morgan fingerprint density at radius 2 is 1.87 bits per heavy atom. The number of alkyl halides is 3. The van der Waals surface area contributed by atoms with Crippen molar-refractivity contribution in [3.05, 3.63) is 29.8 Å². The van der Waals surface area contributed by atoms with E-state index in [0.29, 0.717) is 6.07 Å². The predicted octanol–water partition coefficient (Wildman–Crippen LogP) is 2.04. The Balaban J connectivity index is 2.00. The zero-order chi connectivity index (χ0) is 17.1. The second kappa shape index (κ2) is 6.88. The van der Waals surface area contributed by atoms with Crippen LogP contribution in [0.5, 0.6) is 0 Å². The van der Waals surface area contributed by atoms with Crippen molar-refractivity contribution >= 4 is 15.9 Å². The van der Waals surface area contributed by atoms with Gasteiger partial charge in [0, 0.05) is 6.04 Å². The normalized spacial score (nSPS) is 16.5. The average molecular weight is 350 g/mol. The molecule has 0 spiro atoms. The fourth-order valence-electron chi connectivity index (χ4n) is 2.43. The summed E-state index contributed by atoms with van der Waals surface area (Å²) in [5.74, 6) is -0.493. The van der Waals surface area contributed by atoms with Crippen LogP contribution in [0.3, 0.4) is 0 Å². The maximum atomic E-state index is 12.6. The van der Waals surface area contributed by atoms with E-state index < -0.39 is 39.1 Å². The van der Waals surface area contributed by atoms with Crippen molar-refractivity contribution in [1.29, 1.82) is 0 Å². The molecule has 1 aromatic rings. The van der Waals surface area contributed by atoms with Crippen LogP contribution in [-0.4, -0.2) is 26.9 Å². The predicted molar refractivity (Wildman–Crippen MR) is 77.0 cm³/mol. The first-order valence-electron chi connectivity index (χ1n) is 7.15. The molecule has 1 amide bonds. The number of hydrogen-bond acceptors (Lipinski definition) is 3. The minimum absolute atomic E-state index is 0.0422. The molecule has 1 saturated carbocycles. The lowest BCUT2D eigenvalue weighted by atomic mass is 10.2. The molecule has 128 valence electrons. The van der Waals surface area contributed by atoms with E-state index in [4.69, 9.17) is 0 Å². The second-order valence-electron chi connectivity index (χ2n) is 5.40. The lowest BCUT2D eigenvalue weighted by Crippen LogP contribution is -2.40. The number of benzene rings is 1. The lowest BCUT2D eigenvalue weighted by Gasteiger charge is -2.13. The van der Waals surface area contributed by atoms with E-state index in [9.17, 15) is 26.4 Å². The molecule has 0 atom stereocenters. The zero-order valence-corrected chi connectivity index (χ0v) is 13.0. The Bertz CT molecular complexity index is 668. The summed E-state index contributed by atoms with van der Waals surface area (Å²) in [5, 5.41) is 2.69. The molecule has 1 fully saturated rings. The lowest BCUT2D eigenvalue weighted by molar-refractivity contribution is -0.137. The molecular weight excluding hydrogens is 333 g/mol. The Hall–Kier alpha value is -1.61. The van der Waals surface area contributed by atoms with Crippen LogP contribution in [0.4, 0.5) is 13.2 Å². The summed E-state index contributed by atoms with van der Waals surface area (Å²) in [5.41, 5.74) is -1.06. The third kappa shape index (κ3) is 4.93. The van der Waals surface area contributed by atoms with Crippen molar-refractivity contribution in [2.75, 3.05) is 6.54 Å². The van der Waals surface area contributed by atoms with Crippen LogP contribution in [0.2, 0.25) is 0 Å². The highest BCUT2D eigenvalue weighted by molar-refractivity contribution is 7.89. The smallest absolute Gasteiger partial charge is 0.352 e. The average Bonchev–Trinajstić information content (AvgIpc) is 2.97. The molecular formula is C14H17F3N2O3S. The number of amides is 1. The van der Waals surface area contributed by atoms with E-state index >= 15 is 0 Å². The summed E-state index contributed by atoms with van der Waals surface area (Å²) in [6.45, 7) is -0.505. The van der Waals surface area contributed by atoms with Crippen molar-refractivity contribution in [1.82, 2.24) is 10.0 Å². The van der Waals surface area contributed by atoms with Gasteiger partial charge in [-0.05, 0) is 31.0 Å². The van der Waals surface area contributed by atoms with Crippen molar-refractivity contribution in [3.63, 3.8) is 0 Å².